The fourth-order valence-corrected chi connectivity index (χ4v) is 4.06. The lowest BCUT2D eigenvalue weighted by Gasteiger charge is -2.42. The van der Waals surface area contributed by atoms with Crippen molar-refractivity contribution >= 4 is 16.1 Å². The van der Waals surface area contributed by atoms with Crippen molar-refractivity contribution in [3.8, 4) is 0 Å². The number of rotatable bonds is 5. The molecule has 0 amide bonds. The Morgan fingerprint density at radius 3 is 2.22 bits per heavy atom. The van der Waals surface area contributed by atoms with E-state index in [9.17, 15) is 13.2 Å². The number of carbonyl (C=O) groups excluding carboxylic acids is 1. The van der Waals surface area contributed by atoms with Crippen molar-refractivity contribution in [1.29, 1.82) is 0 Å². The van der Waals surface area contributed by atoms with Crippen molar-refractivity contribution in [3.63, 3.8) is 0 Å². The van der Waals surface area contributed by atoms with Gasteiger partial charge in [0, 0.05) is 16.7 Å². The Morgan fingerprint density at radius 2 is 1.83 bits per heavy atom. The molecule has 1 aliphatic carbocycles. The van der Waals surface area contributed by atoms with Crippen molar-refractivity contribution in [2.75, 3.05) is 11.5 Å². The summed E-state index contributed by atoms with van der Waals surface area (Å²) in [5, 5.41) is 0. The van der Waals surface area contributed by atoms with E-state index in [1.807, 2.05) is 12.1 Å². The topological polar surface area (TPSA) is 51.2 Å². The number of carbonyl (C=O) groups is 1. The van der Waals surface area contributed by atoms with Gasteiger partial charge in [0.1, 0.15) is 6.29 Å². The summed E-state index contributed by atoms with van der Waals surface area (Å²) in [5.41, 5.74) is 1.47. The number of benzene rings is 1. The highest BCUT2D eigenvalue weighted by Gasteiger charge is 2.41. The molecule has 1 fully saturated rings. The van der Waals surface area contributed by atoms with Crippen LogP contribution in [-0.2, 0) is 15.3 Å². The molecule has 0 radical (unpaired) electrons. The lowest BCUT2D eigenvalue weighted by atomic mass is 9.66. The van der Waals surface area contributed by atoms with Crippen LogP contribution in [0.5, 0.6) is 0 Å². The summed E-state index contributed by atoms with van der Waals surface area (Å²) in [4.78, 5) is 10.6. The lowest BCUT2D eigenvalue weighted by Crippen LogP contribution is -2.41. The van der Waals surface area contributed by atoms with E-state index >= 15 is 0 Å². The molecule has 0 heterocycles. The zero-order valence-electron chi connectivity index (χ0n) is 10.6. The summed E-state index contributed by atoms with van der Waals surface area (Å²) >= 11 is 0. The second kappa shape index (κ2) is 4.84. The zero-order valence-corrected chi connectivity index (χ0v) is 11.4. The first-order chi connectivity index (χ1) is 8.51. The van der Waals surface area contributed by atoms with Crippen molar-refractivity contribution in [2.45, 2.75) is 31.6 Å². The number of hydrogen-bond donors (Lipinski definition) is 0. The molecule has 0 atom stereocenters. The van der Waals surface area contributed by atoms with Crippen LogP contribution in [0.2, 0.25) is 0 Å². The van der Waals surface area contributed by atoms with Crippen LogP contribution in [0, 0.1) is 0 Å². The predicted molar refractivity (Wildman–Crippen MR) is 71.7 cm³/mol. The number of aldehydes is 1. The highest BCUT2D eigenvalue weighted by molar-refractivity contribution is 7.91. The van der Waals surface area contributed by atoms with Crippen LogP contribution < -0.4 is 0 Å². The zero-order chi connectivity index (χ0) is 13.2. The predicted octanol–water partition coefficient (Wildman–Crippen LogP) is 2.36. The average Bonchev–Trinajstić information content (AvgIpc) is 2.34. The van der Waals surface area contributed by atoms with Gasteiger partial charge in [-0.05, 0) is 18.4 Å². The Hall–Kier alpha value is -1.16. The van der Waals surface area contributed by atoms with Crippen molar-refractivity contribution in [1.82, 2.24) is 0 Å². The van der Waals surface area contributed by atoms with E-state index in [0.717, 1.165) is 31.1 Å². The van der Waals surface area contributed by atoms with Crippen LogP contribution in [-0.4, -0.2) is 26.2 Å². The number of sulfone groups is 1. The lowest BCUT2D eigenvalue weighted by molar-refractivity contribution is 0.112. The van der Waals surface area contributed by atoms with Crippen LogP contribution in [0.1, 0.15) is 42.1 Å². The van der Waals surface area contributed by atoms with Crippen molar-refractivity contribution in [2.24, 2.45) is 0 Å². The van der Waals surface area contributed by atoms with E-state index < -0.39 is 9.84 Å². The molecule has 0 aromatic heterocycles. The van der Waals surface area contributed by atoms with Crippen LogP contribution in [0.3, 0.4) is 0 Å². The molecule has 1 aromatic carbocycles. The Balaban J connectivity index is 2.29. The molecule has 0 unspecified atom stereocenters. The maximum absolute atomic E-state index is 11.8. The summed E-state index contributed by atoms with van der Waals surface area (Å²) in [6.07, 6.45) is 3.73. The third-order valence-corrected chi connectivity index (χ3v) is 5.78. The molecule has 0 spiro atoms. The van der Waals surface area contributed by atoms with Crippen molar-refractivity contribution < 1.29 is 13.2 Å². The van der Waals surface area contributed by atoms with Gasteiger partial charge in [-0.2, -0.15) is 0 Å². The van der Waals surface area contributed by atoms with E-state index in [1.54, 1.807) is 19.1 Å². The van der Waals surface area contributed by atoms with E-state index in [1.165, 1.54) is 0 Å². The Labute approximate surface area is 108 Å². The summed E-state index contributed by atoms with van der Waals surface area (Å²) in [6, 6.07) is 7.32. The highest BCUT2D eigenvalue weighted by Crippen LogP contribution is 2.44. The first-order valence-electron chi connectivity index (χ1n) is 6.27. The normalized spacial score (nSPS) is 18.1. The standard InChI is InChI=1S/C14H18O3S/c1-2-18(16,17)11-14(8-3-9-14)13-6-4-12(10-15)5-7-13/h4-7,10H,2-3,8-9,11H2,1H3. The summed E-state index contributed by atoms with van der Waals surface area (Å²) in [7, 11) is -2.97. The van der Waals surface area contributed by atoms with E-state index in [-0.39, 0.29) is 16.9 Å². The first kappa shape index (κ1) is 13.3. The smallest absolute Gasteiger partial charge is 0.150 e. The van der Waals surface area contributed by atoms with Gasteiger partial charge in [-0.25, -0.2) is 8.42 Å². The molecule has 0 bridgehead atoms. The summed E-state index contributed by atoms with van der Waals surface area (Å²) < 4.78 is 23.7. The maximum atomic E-state index is 11.8. The minimum atomic E-state index is -2.97. The molecule has 3 nitrogen and oxygen atoms in total. The quantitative estimate of drug-likeness (QED) is 0.769. The SMILES string of the molecule is CCS(=O)(=O)CC1(c2ccc(C=O)cc2)CCC1. The molecule has 98 valence electrons. The molecule has 4 heteroatoms. The third kappa shape index (κ3) is 2.48. The molecular formula is C14H18O3S. The van der Waals surface area contributed by atoms with Gasteiger partial charge in [0.05, 0.1) is 5.75 Å². The van der Waals surface area contributed by atoms with Crippen LogP contribution >= 0.6 is 0 Å². The molecule has 18 heavy (non-hydrogen) atoms. The molecule has 0 saturated heterocycles. The molecule has 1 saturated carbocycles. The van der Waals surface area contributed by atoms with Gasteiger partial charge >= 0.3 is 0 Å². The van der Waals surface area contributed by atoms with Crippen LogP contribution in [0.15, 0.2) is 24.3 Å². The van der Waals surface area contributed by atoms with Gasteiger partial charge in [-0.1, -0.05) is 37.6 Å². The summed E-state index contributed by atoms with van der Waals surface area (Å²) in [5.74, 6) is 0.429. The monoisotopic (exact) mass is 266 g/mol. The van der Waals surface area contributed by atoms with Gasteiger partial charge < -0.3 is 0 Å². The average molecular weight is 266 g/mol. The van der Waals surface area contributed by atoms with Gasteiger partial charge in [-0.15, -0.1) is 0 Å². The fourth-order valence-electron chi connectivity index (χ4n) is 2.56. The second-order valence-electron chi connectivity index (χ2n) is 5.05. The Bertz CT molecular complexity index is 525. The van der Waals surface area contributed by atoms with Gasteiger partial charge in [0.25, 0.3) is 0 Å². The minimum absolute atomic E-state index is 0.196. The minimum Gasteiger partial charge on any atom is -0.298 e. The first-order valence-corrected chi connectivity index (χ1v) is 8.10. The Morgan fingerprint density at radius 1 is 1.22 bits per heavy atom. The molecule has 0 N–H and O–H groups in total. The molecular weight excluding hydrogens is 248 g/mol. The van der Waals surface area contributed by atoms with E-state index in [4.69, 9.17) is 0 Å². The highest BCUT2D eigenvalue weighted by atomic mass is 32.2. The van der Waals surface area contributed by atoms with Crippen LogP contribution in [0.4, 0.5) is 0 Å². The fraction of sp³-hybridized carbons (Fsp3) is 0.500. The molecule has 1 aliphatic rings. The molecule has 0 aliphatic heterocycles. The van der Waals surface area contributed by atoms with E-state index in [2.05, 4.69) is 0 Å². The van der Waals surface area contributed by atoms with Gasteiger partial charge in [-0.3, -0.25) is 4.79 Å². The third-order valence-electron chi connectivity index (χ3n) is 3.91. The molecule has 2 rings (SSSR count). The van der Waals surface area contributed by atoms with Gasteiger partial charge in [0.2, 0.25) is 0 Å². The summed E-state index contributed by atoms with van der Waals surface area (Å²) in [6.45, 7) is 1.69. The number of hydrogen-bond acceptors (Lipinski definition) is 3. The van der Waals surface area contributed by atoms with Gasteiger partial charge in [0.15, 0.2) is 9.84 Å². The van der Waals surface area contributed by atoms with Crippen LogP contribution in [0.25, 0.3) is 0 Å². The largest absolute Gasteiger partial charge is 0.298 e. The van der Waals surface area contributed by atoms with Crippen molar-refractivity contribution in [3.05, 3.63) is 35.4 Å². The Kier molecular flexibility index (Phi) is 3.57. The second-order valence-corrected chi connectivity index (χ2v) is 7.40. The maximum Gasteiger partial charge on any atom is 0.150 e. The molecule has 1 aromatic rings. The van der Waals surface area contributed by atoms with E-state index in [0.29, 0.717) is 5.56 Å².